The average molecular weight is 306 g/mol. The third-order valence-corrected chi connectivity index (χ3v) is 4.11. The summed E-state index contributed by atoms with van der Waals surface area (Å²) in [5.41, 5.74) is 0.444. The highest BCUT2D eigenvalue weighted by atomic mass is 16.5. The molecule has 0 saturated heterocycles. The van der Waals surface area contributed by atoms with Gasteiger partial charge in [-0.3, -0.25) is 4.79 Å². The van der Waals surface area contributed by atoms with Crippen LogP contribution in [0.3, 0.4) is 0 Å². The Hall–Kier alpha value is -1.68. The Bertz CT molecular complexity index is 483. The van der Waals surface area contributed by atoms with E-state index in [-0.39, 0.29) is 23.7 Å². The molecule has 0 bridgehead atoms. The molecule has 0 unspecified atom stereocenters. The van der Waals surface area contributed by atoms with E-state index >= 15 is 0 Å². The number of esters is 1. The van der Waals surface area contributed by atoms with Crippen LogP contribution in [0.1, 0.15) is 44.5 Å². The Labute approximate surface area is 132 Å². The molecule has 1 aromatic carbocycles. The van der Waals surface area contributed by atoms with Gasteiger partial charge in [-0.15, -0.1) is 0 Å². The molecule has 0 aliphatic carbocycles. The van der Waals surface area contributed by atoms with Gasteiger partial charge in [-0.05, 0) is 25.0 Å². The number of hydrogen-bond donors (Lipinski definition) is 0. The third-order valence-electron chi connectivity index (χ3n) is 4.11. The summed E-state index contributed by atoms with van der Waals surface area (Å²) in [6, 6.07) is 8.67. The number of rotatable bonds is 8. The minimum Gasteiger partial charge on any atom is -0.451 e. The van der Waals surface area contributed by atoms with Crippen molar-refractivity contribution in [3.05, 3.63) is 35.9 Å². The number of hydrogen-bond acceptors (Lipinski definition) is 4. The van der Waals surface area contributed by atoms with E-state index in [9.17, 15) is 9.59 Å². The molecule has 1 rings (SSSR count). The molecule has 22 heavy (non-hydrogen) atoms. The maximum absolute atomic E-state index is 12.5. The van der Waals surface area contributed by atoms with Crippen molar-refractivity contribution in [3.8, 4) is 0 Å². The van der Waals surface area contributed by atoms with E-state index in [0.29, 0.717) is 5.56 Å². The number of ketones is 1. The van der Waals surface area contributed by atoms with E-state index in [2.05, 4.69) is 13.8 Å². The number of carbonyl (C=O) groups is 2. The number of carbonyl (C=O) groups excluding carboxylic acids is 2. The van der Waals surface area contributed by atoms with Crippen molar-refractivity contribution in [1.82, 2.24) is 0 Å². The maximum atomic E-state index is 12.5. The summed E-state index contributed by atoms with van der Waals surface area (Å²) in [6.07, 6.45) is -0.0336. The number of methoxy groups -OCH3 is 1. The number of benzene rings is 1. The van der Waals surface area contributed by atoms with Crippen molar-refractivity contribution in [2.24, 2.45) is 11.8 Å². The van der Waals surface area contributed by atoms with Gasteiger partial charge < -0.3 is 9.47 Å². The second-order valence-corrected chi connectivity index (χ2v) is 5.69. The lowest BCUT2D eigenvalue weighted by Crippen LogP contribution is -2.39. The van der Waals surface area contributed by atoms with Crippen LogP contribution in [-0.2, 0) is 14.3 Å². The molecule has 1 aromatic rings. The van der Waals surface area contributed by atoms with Gasteiger partial charge in [0.1, 0.15) is 0 Å². The summed E-state index contributed by atoms with van der Waals surface area (Å²) in [5, 5.41) is 0. The van der Waals surface area contributed by atoms with E-state index in [1.807, 2.05) is 13.0 Å². The minimum atomic E-state index is -0.788. The van der Waals surface area contributed by atoms with Gasteiger partial charge >= 0.3 is 5.97 Å². The normalized spacial score (nSPS) is 16.4. The average Bonchev–Trinajstić information content (AvgIpc) is 2.54. The molecule has 0 heterocycles. The van der Waals surface area contributed by atoms with Crippen molar-refractivity contribution in [2.45, 2.75) is 46.3 Å². The van der Waals surface area contributed by atoms with Crippen LogP contribution < -0.4 is 0 Å². The fourth-order valence-electron chi connectivity index (χ4n) is 2.55. The highest BCUT2D eigenvalue weighted by molar-refractivity contribution is 5.93. The summed E-state index contributed by atoms with van der Waals surface area (Å²) in [5.74, 6) is -0.651. The van der Waals surface area contributed by atoms with Crippen LogP contribution in [-0.4, -0.2) is 31.1 Å². The van der Waals surface area contributed by atoms with Crippen molar-refractivity contribution >= 4 is 11.8 Å². The fourth-order valence-corrected chi connectivity index (χ4v) is 2.55. The summed E-state index contributed by atoms with van der Waals surface area (Å²) in [7, 11) is 1.61. The smallest absolute Gasteiger partial charge is 0.338 e. The molecule has 0 aliphatic heterocycles. The van der Waals surface area contributed by atoms with Gasteiger partial charge in [-0.25, -0.2) is 4.79 Å². The van der Waals surface area contributed by atoms with Gasteiger partial charge in [0.15, 0.2) is 11.9 Å². The van der Waals surface area contributed by atoms with Crippen molar-refractivity contribution < 1.29 is 19.1 Å². The Morgan fingerprint density at radius 1 is 1.09 bits per heavy atom. The largest absolute Gasteiger partial charge is 0.451 e. The molecule has 4 atom stereocenters. The highest BCUT2D eigenvalue weighted by Gasteiger charge is 2.32. The molecule has 122 valence electrons. The second-order valence-electron chi connectivity index (χ2n) is 5.69. The zero-order valence-electron chi connectivity index (χ0n) is 14.0. The van der Waals surface area contributed by atoms with Crippen molar-refractivity contribution in [1.29, 1.82) is 0 Å². The summed E-state index contributed by atoms with van der Waals surface area (Å²) in [4.78, 5) is 24.5. The van der Waals surface area contributed by atoms with E-state index < -0.39 is 12.1 Å². The molecule has 4 nitrogen and oxygen atoms in total. The lowest BCUT2D eigenvalue weighted by Gasteiger charge is -2.28. The molecule has 0 radical (unpaired) electrons. The van der Waals surface area contributed by atoms with Crippen molar-refractivity contribution in [3.63, 3.8) is 0 Å². The first-order valence-corrected chi connectivity index (χ1v) is 7.74. The highest BCUT2D eigenvalue weighted by Crippen LogP contribution is 2.22. The Kier molecular flexibility index (Phi) is 7.25. The Morgan fingerprint density at radius 2 is 1.68 bits per heavy atom. The van der Waals surface area contributed by atoms with Gasteiger partial charge in [0.25, 0.3) is 0 Å². The van der Waals surface area contributed by atoms with Crippen molar-refractivity contribution in [2.75, 3.05) is 7.11 Å². The van der Waals surface area contributed by atoms with Crippen LogP contribution in [0.25, 0.3) is 0 Å². The van der Waals surface area contributed by atoms with Crippen LogP contribution in [0.5, 0.6) is 0 Å². The molecule has 0 N–H and O–H groups in total. The SMILES string of the molecule is CC[C@@H](C)[C@@H](OC)[C@@H](C)C(=O)[C@H](C)OC(=O)c1ccccc1. The number of ether oxygens (including phenoxy) is 2. The Balaban J connectivity index is 2.70. The molecule has 0 fully saturated rings. The molecule has 0 saturated carbocycles. The van der Waals surface area contributed by atoms with E-state index in [1.54, 1.807) is 38.3 Å². The van der Waals surface area contributed by atoms with Crippen LogP contribution in [0.15, 0.2) is 30.3 Å². The first kappa shape index (κ1) is 18.4. The molecular formula is C18H26O4. The molecule has 4 heteroatoms. The third kappa shape index (κ3) is 4.67. The molecule has 0 aliphatic rings. The first-order chi connectivity index (χ1) is 10.4. The zero-order chi connectivity index (χ0) is 16.7. The van der Waals surface area contributed by atoms with Gasteiger partial charge in [-0.2, -0.15) is 0 Å². The van der Waals surface area contributed by atoms with Crippen LogP contribution in [0.4, 0.5) is 0 Å². The summed E-state index contributed by atoms with van der Waals surface area (Å²) < 4.78 is 10.7. The van der Waals surface area contributed by atoms with E-state index in [1.165, 1.54) is 0 Å². The number of Topliss-reactive ketones (excluding diaryl/α,β-unsaturated/α-hetero) is 1. The van der Waals surface area contributed by atoms with E-state index in [4.69, 9.17) is 9.47 Å². The predicted octanol–water partition coefficient (Wildman–Crippen LogP) is 3.50. The molecule has 0 spiro atoms. The van der Waals surface area contributed by atoms with Crippen LogP contribution in [0, 0.1) is 11.8 Å². The van der Waals surface area contributed by atoms with Gasteiger partial charge in [0, 0.05) is 13.0 Å². The predicted molar refractivity (Wildman–Crippen MR) is 85.7 cm³/mol. The lowest BCUT2D eigenvalue weighted by molar-refractivity contribution is -0.136. The van der Waals surface area contributed by atoms with E-state index in [0.717, 1.165) is 6.42 Å². The first-order valence-electron chi connectivity index (χ1n) is 7.74. The molecular weight excluding hydrogens is 280 g/mol. The summed E-state index contributed by atoms with van der Waals surface area (Å²) in [6.45, 7) is 7.56. The zero-order valence-corrected chi connectivity index (χ0v) is 14.0. The standard InChI is InChI=1S/C18H26O4/c1-6-12(2)17(21-5)13(3)16(19)14(4)22-18(20)15-10-8-7-9-11-15/h7-14,17H,6H2,1-5H3/t12-,13+,14+,17-/m1/s1. The van der Waals surface area contributed by atoms with Gasteiger partial charge in [0.2, 0.25) is 0 Å². The topological polar surface area (TPSA) is 52.6 Å². The Morgan fingerprint density at radius 3 is 2.18 bits per heavy atom. The quantitative estimate of drug-likeness (QED) is 0.690. The monoisotopic (exact) mass is 306 g/mol. The lowest BCUT2D eigenvalue weighted by atomic mass is 9.87. The molecule has 0 amide bonds. The minimum absolute atomic E-state index is 0.114. The van der Waals surface area contributed by atoms with Gasteiger partial charge in [0.05, 0.1) is 11.7 Å². The van der Waals surface area contributed by atoms with Crippen LogP contribution in [0.2, 0.25) is 0 Å². The van der Waals surface area contributed by atoms with Crippen LogP contribution >= 0.6 is 0 Å². The second kappa shape index (κ2) is 8.69. The summed E-state index contributed by atoms with van der Waals surface area (Å²) >= 11 is 0. The fraction of sp³-hybridized carbons (Fsp3) is 0.556. The maximum Gasteiger partial charge on any atom is 0.338 e. The molecule has 0 aromatic heterocycles. The van der Waals surface area contributed by atoms with Gasteiger partial charge in [-0.1, -0.05) is 45.4 Å².